The molecule has 0 aromatic carbocycles. The average Bonchev–Trinajstić information content (AvgIpc) is 2.10. The maximum atomic E-state index is 5.49. The van der Waals surface area contributed by atoms with Gasteiger partial charge in [0.25, 0.3) is 0 Å². The molecule has 0 aromatic heterocycles. The molecule has 0 atom stereocenters. The Morgan fingerprint density at radius 1 is 1.21 bits per heavy atom. The largest absolute Gasteiger partial charge is 0.420 e. The molecule has 0 aliphatic rings. The van der Waals surface area contributed by atoms with Crippen LogP contribution in [0.15, 0.2) is 0 Å². The lowest BCUT2D eigenvalue weighted by molar-refractivity contribution is 0.393. The maximum Gasteiger partial charge on any atom is 0.186 e. The Balaban J connectivity index is 3.21. The van der Waals surface area contributed by atoms with E-state index in [1.165, 1.54) is 12.5 Å². The van der Waals surface area contributed by atoms with Gasteiger partial charge in [0.2, 0.25) is 0 Å². The first-order chi connectivity index (χ1) is 6.48. The van der Waals surface area contributed by atoms with Crippen LogP contribution in [0.25, 0.3) is 0 Å². The number of nitrogens with zero attached hydrogens (tertiary/aromatic N) is 1. The van der Waals surface area contributed by atoms with Gasteiger partial charge < -0.3 is 14.6 Å². The van der Waals surface area contributed by atoms with E-state index in [4.69, 9.17) is 4.43 Å². The summed E-state index contributed by atoms with van der Waals surface area (Å²) in [5, 5.41) is 3.44. The van der Waals surface area contributed by atoms with Crippen molar-refractivity contribution in [3.8, 4) is 0 Å². The van der Waals surface area contributed by atoms with E-state index < -0.39 is 8.32 Å². The summed E-state index contributed by atoms with van der Waals surface area (Å²) in [5.41, 5.74) is 0. The van der Waals surface area contributed by atoms with Crippen molar-refractivity contribution in [2.24, 2.45) is 0 Å². The Morgan fingerprint density at radius 2 is 1.86 bits per heavy atom. The molecule has 86 valence electrons. The molecule has 0 saturated heterocycles. The van der Waals surface area contributed by atoms with Gasteiger partial charge in [-0.3, -0.25) is 0 Å². The van der Waals surface area contributed by atoms with Crippen molar-refractivity contribution >= 4 is 8.32 Å². The van der Waals surface area contributed by atoms with Crippen LogP contribution >= 0.6 is 0 Å². The molecule has 14 heavy (non-hydrogen) atoms. The minimum Gasteiger partial charge on any atom is -0.420 e. The van der Waals surface area contributed by atoms with Crippen LogP contribution in [0.4, 0.5) is 0 Å². The monoisotopic (exact) mass is 218 g/mol. The molecule has 0 aliphatic heterocycles. The summed E-state index contributed by atoms with van der Waals surface area (Å²) in [4.78, 5) is 2.20. The molecule has 3 nitrogen and oxygen atoms in total. The van der Waals surface area contributed by atoms with Gasteiger partial charge in [-0.25, -0.2) is 0 Å². The van der Waals surface area contributed by atoms with Gasteiger partial charge in [0.15, 0.2) is 8.32 Å². The molecule has 0 radical (unpaired) electrons. The van der Waals surface area contributed by atoms with E-state index in [0.717, 1.165) is 19.6 Å². The van der Waals surface area contributed by atoms with Gasteiger partial charge >= 0.3 is 0 Å². The van der Waals surface area contributed by atoms with Crippen LogP contribution in [0, 0.1) is 0 Å². The van der Waals surface area contributed by atoms with E-state index in [1.54, 1.807) is 0 Å². The first-order valence-corrected chi connectivity index (χ1v) is 8.50. The zero-order chi connectivity index (χ0) is 11.0. The van der Waals surface area contributed by atoms with E-state index in [2.05, 4.69) is 37.4 Å². The smallest absolute Gasteiger partial charge is 0.186 e. The highest BCUT2D eigenvalue weighted by atomic mass is 28.4. The van der Waals surface area contributed by atoms with Crippen molar-refractivity contribution in [1.29, 1.82) is 0 Å². The highest BCUT2D eigenvalue weighted by Crippen LogP contribution is 2.11. The summed E-state index contributed by atoms with van der Waals surface area (Å²) in [6, 6.07) is 1.25. The molecule has 0 aliphatic carbocycles. The van der Waals surface area contributed by atoms with Crippen LogP contribution in [0.5, 0.6) is 0 Å². The summed E-state index contributed by atoms with van der Waals surface area (Å²) in [6.07, 6.45) is 1.24. The highest BCUT2D eigenvalue weighted by molar-refractivity contribution is 6.71. The Hall–Kier alpha value is 0.0969. The third-order valence-corrected chi connectivity index (χ3v) is 5.08. The number of nitrogens with one attached hydrogen (secondary N) is 1. The summed E-state index contributed by atoms with van der Waals surface area (Å²) in [6.45, 7) is 7.86. The Kier molecular flexibility index (Phi) is 7.45. The van der Waals surface area contributed by atoms with Crippen molar-refractivity contribution in [1.82, 2.24) is 10.2 Å². The number of likely N-dealkylation sites (N-methyl/N-ethyl adjacent to an activating group) is 1. The number of hydrogen-bond acceptors (Lipinski definition) is 3. The van der Waals surface area contributed by atoms with Crippen LogP contribution < -0.4 is 5.32 Å². The molecule has 0 aromatic rings. The molecule has 0 rings (SSSR count). The van der Waals surface area contributed by atoms with Crippen LogP contribution in [0.2, 0.25) is 19.1 Å². The molecule has 0 saturated carbocycles. The molecule has 0 bridgehead atoms. The van der Waals surface area contributed by atoms with Crippen LogP contribution in [0.3, 0.4) is 0 Å². The van der Waals surface area contributed by atoms with Crippen molar-refractivity contribution in [3.63, 3.8) is 0 Å². The molecule has 0 unspecified atom stereocenters. The van der Waals surface area contributed by atoms with Crippen molar-refractivity contribution in [2.45, 2.75) is 25.6 Å². The molecule has 0 heterocycles. The molecular weight excluding hydrogens is 192 g/mol. The lowest BCUT2D eigenvalue weighted by Gasteiger charge is -2.19. The molecule has 0 amide bonds. The minimum absolute atomic E-state index is 1.09. The van der Waals surface area contributed by atoms with Gasteiger partial charge in [-0.1, -0.05) is 0 Å². The van der Waals surface area contributed by atoms with Gasteiger partial charge in [-0.15, -0.1) is 0 Å². The second-order valence-electron chi connectivity index (χ2n) is 4.62. The van der Waals surface area contributed by atoms with E-state index in [-0.39, 0.29) is 0 Å². The maximum absolute atomic E-state index is 5.49. The van der Waals surface area contributed by atoms with Crippen LogP contribution in [-0.2, 0) is 4.43 Å². The topological polar surface area (TPSA) is 24.5 Å². The number of hydrogen-bond donors (Lipinski definition) is 1. The molecule has 0 spiro atoms. The van der Waals surface area contributed by atoms with Gasteiger partial charge in [0, 0.05) is 20.2 Å². The normalized spacial score (nSPS) is 12.4. The quantitative estimate of drug-likeness (QED) is 0.492. The fourth-order valence-corrected chi connectivity index (χ4v) is 2.40. The molecule has 0 fully saturated rings. The summed E-state index contributed by atoms with van der Waals surface area (Å²) >= 11 is 0. The zero-order valence-corrected chi connectivity index (χ0v) is 11.4. The molecule has 1 N–H and O–H groups in total. The summed E-state index contributed by atoms with van der Waals surface area (Å²) in [7, 11) is 4.73. The lowest BCUT2D eigenvalue weighted by atomic mass is 10.4. The summed E-state index contributed by atoms with van der Waals surface area (Å²) < 4.78 is 5.49. The Labute approximate surface area is 90.0 Å². The van der Waals surface area contributed by atoms with Gasteiger partial charge in [0.1, 0.15) is 0 Å². The zero-order valence-electron chi connectivity index (χ0n) is 10.4. The second kappa shape index (κ2) is 7.40. The van der Waals surface area contributed by atoms with Gasteiger partial charge in [0.05, 0.1) is 0 Å². The van der Waals surface area contributed by atoms with Crippen LogP contribution in [0.1, 0.15) is 6.42 Å². The number of rotatable bonds is 8. The fourth-order valence-electron chi connectivity index (χ4n) is 1.17. The van der Waals surface area contributed by atoms with E-state index in [1.807, 2.05) is 7.11 Å². The Bertz CT molecular complexity index is 140. The third-order valence-electron chi connectivity index (χ3n) is 2.42. The van der Waals surface area contributed by atoms with Crippen molar-refractivity contribution < 1.29 is 4.43 Å². The lowest BCUT2D eigenvalue weighted by Crippen LogP contribution is -2.31. The fraction of sp³-hybridized carbons (Fsp3) is 1.00. The predicted octanol–water partition coefficient (Wildman–Crippen LogP) is 1.38. The predicted molar refractivity (Wildman–Crippen MR) is 65.3 cm³/mol. The van der Waals surface area contributed by atoms with Crippen molar-refractivity contribution in [3.05, 3.63) is 0 Å². The van der Waals surface area contributed by atoms with Gasteiger partial charge in [-0.2, -0.15) is 0 Å². The third kappa shape index (κ3) is 8.68. The Morgan fingerprint density at radius 3 is 2.36 bits per heavy atom. The SMILES string of the molecule is CO[Si](C)(C)CCCNCCN(C)C. The first-order valence-electron chi connectivity index (χ1n) is 5.38. The van der Waals surface area contributed by atoms with E-state index in [9.17, 15) is 0 Å². The van der Waals surface area contributed by atoms with E-state index in [0.29, 0.717) is 0 Å². The minimum atomic E-state index is -1.31. The van der Waals surface area contributed by atoms with Crippen LogP contribution in [-0.4, -0.2) is 54.1 Å². The molecular formula is C10H26N2OSi. The second-order valence-corrected chi connectivity index (χ2v) is 9.05. The molecule has 4 heteroatoms. The van der Waals surface area contributed by atoms with Gasteiger partial charge in [-0.05, 0) is 46.2 Å². The first kappa shape index (κ1) is 14.1. The highest BCUT2D eigenvalue weighted by Gasteiger charge is 2.18. The standard InChI is InChI=1S/C10H26N2OSi/c1-12(2)9-8-11-7-6-10-14(4,5)13-3/h11H,6-10H2,1-5H3. The van der Waals surface area contributed by atoms with Crippen molar-refractivity contribution in [2.75, 3.05) is 40.8 Å². The average molecular weight is 218 g/mol. The summed E-state index contributed by atoms with van der Waals surface area (Å²) in [5.74, 6) is 0. The van der Waals surface area contributed by atoms with E-state index >= 15 is 0 Å².